The van der Waals surface area contributed by atoms with Crippen molar-refractivity contribution < 1.29 is 28.6 Å². The fourth-order valence-corrected chi connectivity index (χ4v) is 2.28. The summed E-state index contributed by atoms with van der Waals surface area (Å²) in [6.07, 6.45) is 0.668. The molecule has 2 atom stereocenters. The van der Waals surface area contributed by atoms with Gasteiger partial charge in [-0.25, -0.2) is 9.59 Å². The molecule has 8 heteroatoms. The van der Waals surface area contributed by atoms with Crippen LogP contribution in [0.15, 0.2) is 24.3 Å². The predicted octanol–water partition coefficient (Wildman–Crippen LogP) is 2.74. The molecule has 0 saturated heterocycles. The summed E-state index contributed by atoms with van der Waals surface area (Å²) < 4.78 is 15.3. The number of benzene rings is 1. The topological polar surface area (TPSA) is 90.9 Å². The van der Waals surface area contributed by atoms with E-state index in [9.17, 15) is 14.4 Å². The molecule has 0 saturated carbocycles. The van der Waals surface area contributed by atoms with Crippen LogP contribution in [0.2, 0.25) is 5.02 Å². The Kier molecular flexibility index (Phi) is 8.56. The van der Waals surface area contributed by atoms with Gasteiger partial charge >= 0.3 is 11.9 Å². The number of esters is 2. The lowest BCUT2D eigenvalue weighted by Crippen LogP contribution is -2.48. The highest BCUT2D eigenvalue weighted by Gasteiger charge is 2.33. The minimum absolute atomic E-state index is 0.123. The van der Waals surface area contributed by atoms with E-state index in [1.165, 1.54) is 21.0 Å². The van der Waals surface area contributed by atoms with Gasteiger partial charge in [-0.2, -0.15) is 0 Å². The van der Waals surface area contributed by atoms with Gasteiger partial charge in [-0.05, 0) is 44.0 Å². The molecule has 0 fully saturated rings. The molecular weight excluding hydrogens is 374 g/mol. The molecule has 0 aromatic heterocycles. The van der Waals surface area contributed by atoms with E-state index in [0.29, 0.717) is 17.2 Å². The number of methoxy groups -OCH3 is 1. The molecule has 1 N–H and O–H groups in total. The van der Waals surface area contributed by atoms with Gasteiger partial charge in [-0.3, -0.25) is 4.79 Å². The second-order valence-corrected chi connectivity index (χ2v) is 7.03. The van der Waals surface area contributed by atoms with Crippen molar-refractivity contribution in [3.8, 4) is 5.75 Å². The molecule has 1 amide bonds. The molecule has 1 rings (SSSR count). The van der Waals surface area contributed by atoms with Gasteiger partial charge in [0, 0.05) is 5.02 Å². The SMILES string of the molecule is CCC(C)C(NC(=O)COC(=O)C(C)(C)Oc1ccc(Cl)cc1)C(=O)OC. The quantitative estimate of drug-likeness (QED) is 0.642. The van der Waals surface area contributed by atoms with Gasteiger partial charge in [0.2, 0.25) is 0 Å². The van der Waals surface area contributed by atoms with Crippen LogP contribution < -0.4 is 10.1 Å². The Bertz CT molecular complexity index is 659. The van der Waals surface area contributed by atoms with Crippen molar-refractivity contribution in [1.82, 2.24) is 5.32 Å². The molecule has 0 aliphatic rings. The van der Waals surface area contributed by atoms with E-state index in [1.807, 2.05) is 13.8 Å². The van der Waals surface area contributed by atoms with Gasteiger partial charge in [-0.1, -0.05) is 31.9 Å². The third kappa shape index (κ3) is 7.09. The summed E-state index contributed by atoms with van der Waals surface area (Å²) in [5.74, 6) is -1.54. The lowest BCUT2D eigenvalue weighted by molar-refractivity contribution is -0.162. The van der Waals surface area contributed by atoms with E-state index >= 15 is 0 Å². The summed E-state index contributed by atoms with van der Waals surface area (Å²) in [5, 5.41) is 3.08. The normalized spacial score (nSPS) is 13.3. The monoisotopic (exact) mass is 399 g/mol. The third-order valence-corrected chi connectivity index (χ3v) is 4.25. The zero-order valence-corrected chi connectivity index (χ0v) is 17.0. The summed E-state index contributed by atoms with van der Waals surface area (Å²) in [5.41, 5.74) is -1.31. The highest BCUT2D eigenvalue weighted by Crippen LogP contribution is 2.21. The molecule has 2 unspecified atom stereocenters. The molecule has 150 valence electrons. The zero-order valence-electron chi connectivity index (χ0n) is 16.2. The summed E-state index contributed by atoms with van der Waals surface area (Å²) in [4.78, 5) is 36.1. The van der Waals surface area contributed by atoms with Gasteiger partial charge in [0.1, 0.15) is 11.8 Å². The van der Waals surface area contributed by atoms with E-state index in [1.54, 1.807) is 24.3 Å². The van der Waals surface area contributed by atoms with Crippen LogP contribution >= 0.6 is 11.6 Å². The van der Waals surface area contributed by atoms with Crippen LogP contribution in [0, 0.1) is 5.92 Å². The van der Waals surface area contributed by atoms with Gasteiger partial charge in [0.15, 0.2) is 12.2 Å². The number of hydrogen-bond donors (Lipinski definition) is 1. The highest BCUT2D eigenvalue weighted by atomic mass is 35.5. The van der Waals surface area contributed by atoms with Crippen LogP contribution in [0.1, 0.15) is 34.1 Å². The molecule has 1 aromatic rings. The molecule has 0 bridgehead atoms. The molecule has 1 aromatic carbocycles. The first-order chi connectivity index (χ1) is 12.6. The standard InChI is InChI=1S/C19H26ClNO6/c1-6-12(2)16(17(23)25-5)21-15(22)11-26-18(24)19(3,4)27-14-9-7-13(20)8-10-14/h7-10,12,16H,6,11H2,1-5H3,(H,21,22). The second kappa shape index (κ2) is 10.2. The minimum Gasteiger partial charge on any atom is -0.476 e. The average molecular weight is 400 g/mol. The fourth-order valence-electron chi connectivity index (χ4n) is 2.16. The molecule has 7 nitrogen and oxygen atoms in total. The smallest absolute Gasteiger partial charge is 0.350 e. The lowest BCUT2D eigenvalue weighted by Gasteiger charge is -2.25. The zero-order chi connectivity index (χ0) is 20.6. The summed E-state index contributed by atoms with van der Waals surface area (Å²) >= 11 is 5.81. The van der Waals surface area contributed by atoms with E-state index in [-0.39, 0.29) is 5.92 Å². The Morgan fingerprint density at radius 1 is 1.19 bits per heavy atom. The van der Waals surface area contributed by atoms with Gasteiger partial charge in [-0.15, -0.1) is 0 Å². The number of amides is 1. The van der Waals surface area contributed by atoms with Crippen LogP contribution in [-0.2, 0) is 23.9 Å². The summed E-state index contributed by atoms with van der Waals surface area (Å²) in [7, 11) is 1.25. The lowest BCUT2D eigenvalue weighted by atomic mass is 9.99. The highest BCUT2D eigenvalue weighted by molar-refractivity contribution is 6.30. The molecular formula is C19H26ClNO6. The van der Waals surface area contributed by atoms with Crippen molar-refractivity contribution >= 4 is 29.4 Å². The summed E-state index contributed by atoms with van der Waals surface area (Å²) in [6.45, 7) is 6.23. The first-order valence-corrected chi connectivity index (χ1v) is 8.97. The van der Waals surface area contributed by atoms with Crippen molar-refractivity contribution in [1.29, 1.82) is 0 Å². The molecule has 0 radical (unpaired) electrons. The van der Waals surface area contributed by atoms with E-state index in [4.69, 9.17) is 25.8 Å². The van der Waals surface area contributed by atoms with Crippen LogP contribution in [0.5, 0.6) is 5.75 Å². The number of nitrogens with one attached hydrogen (secondary N) is 1. The number of ether oxygens (including phenoxy) is 3. The Morgan fingerprint density at radius 3 is 2.30 bits per heavy atom. The van der Waals surface area contributed by atoms with E-state index < -0.39 is 36.1 Å². The van der Waals surface area contributed by atoms with Crippen LogP contribution in [-0.4, -0.2) is 43.2 Å². The van der Waals surface area contributed by atoms with E-state index in [2.05, 4.69) is 5.32 Å². The maximum absolute atomic E-state index is 12.3. The first kappa shape index (κ1) is 22.8. The van der Waals surface area contributed by atoms with Crippen molar-refractivity contribution in [2.24, 2.45) is 5.92 Å². The van der Waals surface area contributed by atoms with Crippen molar-refractivity contribution in [3.05, 3.63) is 29.3 Å². The first-order valence-electron chi connectivity index (χ1n) is 8.59. The van der Waals surface area contributed by atoms with Crippen LogP contribution in [0.3, 0.4) is 0 Å². The Morgan fingerprint density at radius 2 is 1.78 bits per heavy atom. The fraction of sp³-hybridized carbons (Fsp3) is 0.526. The predicted molar refractivity (Wildman–Crippen MR) is 101 cm³/mol. The van der Waals surface area contributed by atoms with Gasteiger partial charge in [0.25, 0.3) is 5.91 Å². The Balaban J connectivity index is 2.61. The molecule has 27 heavy (non-hydrogen) atoms. The molecule has 0 aliphatic heterocycles. The van der Waals surface area contributed by atoms with Crippen molar-refractivity contribution in [3.63, 3.8) is 0 Å². The number of hydrogen-bond acceptors (Lipinski definition) is 6. The maximum atomic E-state index is 12.3. The number of carbonyl (C=O) groups excluding carboxylic acids is 3. The van der Waals surface area contributed by atoms with Gasteiger partial charge < -0.3 is 19.5 Å². The van der Waals surface area contributed by atoms with Crippen molar-refractivity contribution in [2.45, 2.75) is 45.8 Å². The minimum atomic E-state index is -1.31. The maximum Gasteiger partial charge on any atom is 0.350 e. The summed E-state index contributed by atoms with van der Waals surface area (Å²) in [6, 6.07) is 5.71. The van der Waals surface area contributed by atoms with E-state index in [0.717, 1.165) is 0 Å². The Labute approximate surface area is 164 Å². The van der Waals surface area contributed by atoms with Gasteiger partial charge in [0.05, 0.1) is 7.11 Å². The third-order valence-electron chi connectivity index (χ3n) is 4.00. The number of carbonyl (C=O) groups is 3. The average Bonchev–Trinajstić information content (AvgIpc) is 2.64. The largest absolute Gasteiger partial charge is 0.476 e. The number of halogens is 1. The van der Waals surface area contributed by atoms with Crippen LogP contribution in [0.25, 0.3) is 0 Å². The molecule has 0 aliphatic carbocycles. The number of rotatable bonds is 9. The van der Waals surface area contributed by atoms with Crippen LogP contribution in [0.4, 0.5) is 0 Å². The molecule has 0 heterocycles. The Hall–Kier alpha value is -2.28. The second-order valence-electron chi connectivity index (χ2n) is 6.60. The van der Waals surface area contributed by atoms with Crippen molar-refractivity contribution in [2.75, 3.05) is 13.7 Å². The molecule has 0 spiro atoms.